The van der Waals surface area contributed by atoms with Gasteiger partial charge >= 0.3 is 5.76 Å². The molecule has 14 heavy (non-hydrogen) atoms. The number of hydrogen-bond donors (Lipinski definition) is 0. The molecule has 0 radical (unpaired) electrons. The Hall–Kier alpha value is -1.23. The molecule has 0 N–H and O–H groups in total. The Bertz CT molecular complexity index is 541. The zero-order valence-electron chi connectivity index (χ0n) is 7.70. The minimum atomic E-state index is -0.375. The van der Waals surface area contributed by atoms with Crippen LogP contribution in [0.5, 0.6) is 5.75 Å². The second-order valence-corrected chi connectivity index (χ2v) is 3.74. The van der Waals surface area contributed by atoms with E-state index >= 15 is 0 Å². The molecule has 0 aliphatic rings. The Kier molecular flexibility index (Phi) is 2.11. The van der Waals surface area contributed by atoms with Crippen LogP contribution in [-0.4, -0.2) is 11.7 Å². The number of halogens is 1. The average molecular weight is 258 g/mol. The van der Waals surface area contributed by atoms with Gasteiger partial charge in [0, 0.05) is 13.1 Å². The van der Waals surface area contributed by atoms with Gasteiger partial charge in [-0.3, -0.25) is 4.57 Å². The fourth-order valence-corrected chi connectivity index (χ4v) is 1.78. The molecule has 0 bridgehead atoms. The van der Waals surface area contributed by atoms with Gasteiger partial charge in [-0.2, -0.15) is 0 Å². The molecule has 0 atom stereocenters. The van der Waals surface area contributed by atoms with Gasteiger partial charge in [-0.15, -0.1) is 0 Å². The van der Waals surface area contributed by atoms with Crippen LogP contribution in [0, 0.1) is 0 Å². The van der Waals surface area contributed by atoms with Crippen molar-refractivity contribution >= 4 is 27.0 Å². The van der Waals surface area contributed by atoms with E-state index in [0.717, 1.165) is 9.99 Å². The van der Waals surface area contributed by atoms with E-state index in [0.29, 0.717) is 11.3 Å². The van der Waals surface area contributed by atoms with Crippen LogP contribution in [-0.2, 0) is 7.05 Å². The molecule has 1 aromatic heterocycles. The molecule has 0 unspecified atom stereocenters. The standard InChI is InChI=1S/C9H8BrNO3/c1-11-6-3-5(10)7(13-2)4-8(6)14-9(11)12/h3-4H,1-2H3. The predicted octanol–water partition coefficient (Wildman–Crippen LogP) is 1.90. The highest BCUT2D eigenvalue weighted by atomic mass is 79.9. The molecule has 1 aromatic carbocycles. The Morgan fingerprint density at radius 3 is 2.86 bits per heavy atom. The van der Waals surface area contributed by atoms with Crippen molar-refractivity contribution in [3.8, 4) is 5.75 Å². The number of nitrogens with zero attached hydrogens (tertiary/aromatic N) is 1. The molecular weight excluding hydrogens is 250 g/mol. The van der Waals surface area contributed by atoms with Crippen LogP contribution in [0.1, 0.15) is 0 Å². The summed E-state index contributed by atoms with van der Waals surface area (Å²) in [6.07, 6.45) is 0. The lowest BCUT2D eigenvalue weighted by Crippen LogP contribution is -2.08. The molecule has 0 saturated carbocycles. The largest absolute Gasteiger partial charge is 0.495 e. The van der Waals surface area contributed by atoms with Crippen molar-refractivity contribution in [3.05, 3.63) is 27.2 Å². The van der Waals surface area contributed by atoms with Crippen LogP contribution in [0.15, 0.2) is 25.8 Å². The lowest BCUT2D eigenvalue weighted by molar-refractivity contribution is 0.411. The average Bonchev–Trinajstić information content (AvgIpc) is 2.43. The summed E-state index contributed by atoms with van der Waals surface area (Å²) < 4.78 is 12.3. The highest BCUT2D eigenvalue weighted by Crippen LogP contribution is 2.29. The molecule has 4 nitrogen and oxygen atoms in total. The summed E-state index contributed by atoms with van der Waals surface area (Å²) in [5.41, 5.74) is 1.26. The molecule has 1 heterocycles. The molecular formula is C9H8BrNO3. The van der Waals surface area contributed by atoms with Gasteiger partial charge in [-0.05, 0) is 22.0 Å². The molecule has 0 fully saturated rings. The zero-order valence-corrected chi connectivity index (χ0v) is 9.29. The lowest BCUT2D eigenvalue weighted by atomic mass is 10.3. The summed E-state index contributed by atoms with van der Waals surface area (Å²) in [4.78, 5) is 11.2. The Labute approximate surface area is 88.2 Å². The number of oxazole rings is 1. The fraction of sp³-hybridized carbons (Fsp3) is 0.222. The van der Waals surface area contributed by atoms with E-state index in [1.54, 1.807) is 26.3 Å². The summed E-state index contributed by atoms with van der Waals surface area (Å²) in [6.45, 7) is 0. The van der Waals surface area contributed by atoms with Crippen LogP contribution < -0.4 is 10.5 Å². The number of fused-ring (bicyclic) bond motifs is 1. The maximum Gasteiger partial charge on any atom is 0.419 e. The maximum absolute atomic E-state index is 11.2. The first-order chi connectivity index (χ1) is 6.63. The number of aryl methyl sites for hydroxylation is 1. The zero-order chi connectivity index (χ0) is 10.3. The summed E-state index contributed by atoms with van der Waals surface area (Å²) in [5.74, 6) is 0.270. The van der Waals surface area contributed by atoms with E-state index < -0.39 is 0 Å². The number of hydrogen-bond acceptors (Lipinski definition) is 3. The second-order valence-electron chi connectivity index (χ2n) is 2.88. The molecule has 74 valence electrons. The number of aromatic nitrogens is 1. The van der Waals surface area contributed by atoms with Crippen LogP contribution in [0.4, 0.5) is 0 Å². The number of benzene rings is 1. The van der Waals surface area contributed by atoms with Gasteiger partial charge in [0.25, 0.3) is 0 Å². The molecule has 2 aromatic rings. The molecule has 0 amide bonds. The van der Waals surface area contributed by atoms with Crippen molar-refractivity contribution in [2.24, 2.45) is 7.05 Å². The minimum absolute atomic E-state index is 0.375. The normalized spacial score (nSPS) is 10.8. The number of rotatable bonds is 1. The Balaban J connectivity index is 2.86. The fourth-order valence-electron chi connectivity index (χ4n) is 1.29. The third kappa shape index (κ3) is 1.24. The summed E-state index contributed by atoms with van der Waals surface area (Å²) >= 11 is 3.34. The van der Waals surface area contributed by atoms with Crippen molar-refractivity contribution in [3.63, 3.8) is 0 Å². The SMILES string of the molecule is COc1cc2oc(=O)n(C)c2cc1Br. The third-order valence-corrected chi connectivity index (χ3v) is 2.69. The van der Waals surface area contributed by atoms with Gasteiger partial charge < -0.3 is 9.15 Å². The maximum atomic E-state index is 11.2. The first-order valence-corrected chi connectivity index (χ1v) is 4.76. The van der Waals surface area contributed by atoms with E-state index in [1.165, 1.54) is 4.57 Å². The monoisotopic (exact) mass is 257 g/mol. The molecule has 0 spiro atoms. The van der Waals surface area contributed by atoms with Crippen molar-refractivity contribution < 1.29 is 9.15 Å². The van der Waals surface area contributed by atoms with Gasteiger partial charge in [-0.1, -0.05) is 0 Å². The molecule has 0 aliphatic heterocycles. The van der Waals surface area contributed by atoms with Crippen molar-refractivity contribution in [2.75, 3.05) is 7.11 Å². The highest BCUT2D eigenvalue weighted by Gasteiger charge is 2.09. The van der Waals surface area contributed by atoms with Crippen LogP contribution >= 0.6 is 15.9 Å². The minimum Gasteiger partial charge on any atom is -0.495 e. The molecule has 0 saturated heterocycles. The van der Waals surface area contributed by atoms with E-state index in [-0.39, 0.29) is 5.76 Å². The second kappa shape index (κ2) is 3.16. The summed E-state index contributed by atoms with van der Waals surface area (Å²) in [5, 5.41) is 0. The Morgan fingerprint density at radius 1 is 1.50 bits per heavy atom. The van der Waals surface area contributed by atoms with Crippen LogP contribution in [0.2, 0.25) is 0 Å². The highest BCUT2D eigenvalue weighted by molar-refractivity contribution is 9.10. The quantitative estimate of drug-likeness (QED) is 0.784. The summed E-state index contributed by atoms with van der Waals surface area (Å²) in [7, 11) is 3.22. The first-order valence-electron chi connectivity index (χ1n) is 3.96. The first kappa shape index (κ1) is 9.33. The summed E-state index contributed by atoms with van der Waals surface area (Å²) in [6, 6.07) is 3.47. The van der Waals surface area contributed by atoms with Gasteiger partial charge in [0.05, 0.1) is 17.1 Å². The molecule has 2 rings (SSSR count). The topological polar surface area (TPSA) is 44.4 Å². The van der Waals surface area contributed by atoms with E-state index in [4.69, 9.17) is 9.15 Å². The number of ether oxygens (including phenoxy) is 1. The van der Waals surface area contributed by atoms with Gasteiger partial charge in [0.1, 0.15) is 5.75 Å². The van der Waals surface area contributed by atoms with Crippen molar-refractivity contribution in [1.29, 1.82) is 0 Å². The van der Waals surface area contributed by atoms with Gasteiger partial charge in [-0.25, -0.2) is 4.79 Å². The lowest BCUT2D eigenvalue weighted by Gasteiger charge is -2.01. The van der Waals surface area contributed by atoms with Crippen LogP contribution in [0.3, 0.4) is 0 Å². The van der Waals surface area contributed by atoms with Crippen LogP contribution in [0.25, 0.3) is 11.1 Å². The van der Waals surface area contributed by atoms with E-state index in [2.05, 4.69) is 15.9 Å². The Morgan fingerprint density at radius 2 is 2.21 bits per heavy atom. The van der Waals surface area contributed by atoms with Crippen molar-refractivity contribution in [2.45, 2.75) is 0 Å². The number of methoxy groups -OCH3 is 1. The van der Waals surface area contributed by atoms with E-state index in [1.807, 2.05) is 0 Å². The van der Waals surface area contributed by atoms with E-state index in [9.17, 15) is 4.79 Å². The third-order valence-electron chi connectivity index (χ3n) is 2.07. The van der Waals surface area contributed by atoms with Gasteiger partial charge in [0.2, 0.25) is 0 Å². The van der Waals surface area contributed by atoms with Gasteiger partial charge in [0.15, 0.2) is 5.58 Å². The molecule has 0 aliphatic carbocycles. The smallest absolute Gasteiger partial charge is 0.419 e. The molecule has 5 heteroatoms. The van der Waals surface area contributed by atoms with Crippen molar-refractivity contribution in [1.82, 2.24) is 4.57 Å². The predicted molar refractivity (Wildman–Crippen MR) is 55.7 cm³/mol.